The van der Waals surface area contributed by atoms with Gasteiger partial charge < -0.3 is 9.26 Å². The van der Waals surface area contributed by atoms with Crippen LogP contribution < -0.4 is 5.43 Å². The third kappa shape index (κ3) is 2.83. The lowest BCUT2D eigenvalue weighted by molar-refractivity contribution is -0.0797. The van der Waals surface area contributed by atoms with Gasteiger partial charge in [-0.25, -0.2) is 5.01 Å². The highest BCUT2D eigenvalue weighted by Crippen LogP contribution is 2.10. The van der Waals surface area contributed by atoms with Crippen LogP contribution in [-0.2, 0) is 4.74 Å². The number of hydrazine groups is 1. The van der Waals surface area contributed by atoms with Crippen molar-refractivity contribution < 1.29 is 14.1 Å². The molecule has 2 atom stereocenters. The Balaban J connectivity index is 1.97. The molecule has 2 rings (SSSR count). The first-order valence-corrected chi connectivity index (χ1v) is 5.69. The van der Waals surface area contributed by atoms with E-state index in [9.17, 15) is 4.79 Å². The monoisotopic (exact) mass is 239 g/mol. The van der Waals surface area contributed by atoms with E-state index in [4.69, 9.17) is 9.26 Å². The van der Waals surface area contributed by atoms with Crippen LogP contribution in [0.2, 0.25) is 0 Å². The fourth-order valence-corrected chi connectivity index (χ4v) is 1.99. The summed E-state index contributed by atoms with van der Waals surface area (Å²) in [6.45, 7) is 7.05. The first kappa shape index (κ1) is 12.1. The molecule has 1 aliphatic rings. The number of hydrogen-bond acceptors (Lipinski definition) is 5. The van der Waals surface area contributed by atoms with E-state index in [1.54, 1.807) is 6.92 Å². The molecule has 1 amide bonds. The number of aryl methyl sites for hydroxylation is 1. The number of morpholine rings is 1. The van der Waals surface area contributed by atoms with Crippen LogP contribution >= 0.6 is 0 Å². The fourth-order valence-electron chi connectivity index (χ4n) is 1.99. The SMILES string of the molecule is Cc1oncc1C(=O)NN1CC(C)OC(C)C1. The van der Waals surface area contributed by atoms with Crippen LogP contribution in [0.3, 0.4) is 0 Å². The highest BCUT2D eigenvalue weighted by atomic mass is 16.5. The second kappa shape index (κ2) is 4.85. The van der Waals surface area contributed by atoms with Crippen molar-refractivity contribution in [3.63, 3.8) is 0 Å². The maximum Gasteiger partial charge on any atom is 0.270 e. The largest absolute Gasteiger partial charge is 0.373 e. The van der Waals surface area contributed by atoms with Gasteiger partial charge >= 0.3 is 0 Å². The number of nitrogens with one attached hydrogen (secondary N) is 1. The molecule has 0 aromatic carbocycles. The van der Waals surface area contributed by atoms with E-state index in [-0.39, 0.29) is 18.1 Å². The summed E-state index contributed by atoms with van der Waals surface area (Å²) >= 11 is 0. The Bertz CT molecular complexity index is 394. The lowest BCUT2D eigenvalue weighted by Crippen LogP contribution is -2.53. The number of carbonyl (C=O) groups excluding carboxylic acids is 1. The molecule has 0 saturated carbocycles. The topological polar surface area (TPSA) is 67.6 Å². The molecule has 1 N–H and O–H groups in total. The summed E-state index contributed by atoms with van der Waals surface area (Å²) in [4.78, 5) is 11.9. The van der Waals surface area contributed by atoms with Crippen molar-refractivity contribution in [1.29, 1.82) is 0 Å². The van der Waals surface area contributed by atoms with E-state index in [1.165, 1.54) is 6.20 Å². The molecule has 0 bridgehead atoms. The predicted molar refractivity (Wildman–Crippen MR) is 60.3 cm³/mol. The first-order valence-electron chi connectivity index (χ1n) is 5.69. The lowest BCUT2D eigenvalue weighted by Gasteiger charge is -2.35. The normalized spacial score (nSPS) is 25.8. The van der Waals surface area contributed by atoms with Gasteiger partial charge in [-0.15, -0.1) is 0 Å². The highest BCUT2D eigenvalue weighted by molar-refractivity contribution is 5.94. The second-order valence-corrected chi connectivity index (χ2v) is 4.40. The van der Waals surface area contributed by atoms with E-state index in [0.717, 1.165) is 0 Å². The van der Waals surface area contributed by atoms with Crippen LogP contribution in [0.5, 0.6) is 0 Å². The van der Waals surface area contributed by atoms with Gasteiger partial charge in [-0.3, -0.25) is 10.2 Å². The van der Waals surface area contributed by atoms with Crippen LogP contribution in [-0.4, -0.2) is 41.4 Å². The molecule has 0 aliphatic carbocycles. The summed E-state index contributed by atoms with van der Waals surface area (Å²) in [6.07, 6.45) is 1.66. The zero-order valence-corrected chi connectivity index (χ0v) is 10.3. The van der Waals surface area contributed by atoms with Crippen LogP contribution in [0.4, 0.5) is 0 Å². The van der Waals surface area contributed by atoms with Crippen molar-refractivity contribution >= 4 is 5.91 Å². The summed E-state index contributed by atoms with van der Waals surface area (Å²) in [5, 5.41) is 5.46. The van der Waals surface area contributed by atoms with Gasteiger partial charge in [0.05, 0.1) is 18.4 Å². The minimum Gasteiger partial charge on any atom is -0.373 e. The van der Waals surface area contributed by atoms with Gasteiger partial charge in [-0.2, -0.15) is 0 Å². The van der Waals surface area contributed by atoms with Crippen LogP contribution in [0.15, 0.2) is 10.7 Å². The number of ether oxygens (including phenoxy) is 1. The van der Waals surface area contributed by atoms with Gasteiger partial charge in [0.25, 0.3) is 5.91 Å². The van der Waals surface area contributed by atoms with Gasteiger partial charge in [0.1, 0.15) is 11.3 Å². The van der Waals surface area contributed by atoms with Crippen molar-refractivity contribution in [2.45, 2.75) is 33.0 Å². The van der Waals surface area contributed by atoms with Crippen molar-refractivity contribution in [2.75, 3.05) is 13.1 Å². The molecule has 0 radical (unpaired) electrons. The number of hydrogen-bond donors (Lipinski definition) is 1. The summed E-state index contributed by atoms with van der Waals surface area (Å²) < 4.78 is 10.5. The summed E-state index contributed by atoms with van der Waals surface area (Å²) in [5.74, 6) is 0.335. The number of amides is 1. The molecular weight excluding hydrogens is 222 g/mol. The van der Waals surface area contributed by atoms with E-state index < -0.39 is 0 Å². The molecule has 1 aromatic rings. The van der Waals surface area contributed by atoms with Crippen molar-refractivity contribution in [3.8, 4) is 0 Å². The third-order valence-electron chi connectivity index (χ3n) is 2.67. The zero-order valence-electron chi connectivity index (χ0n) is 10.3. The van der Waals surface area contributed by atoms with Crippen LogP contribution in [0.1, 0.15) is 30.0 Å². The van der Waals surface area contributed by atoms with Crippen molar-refractivity contribution in [3.05, 3.63) is 17.5 Å². The molecule has 6 nitrogen and oxygen atoms in total. The maximum absolute atomic E-state index is 11.9. The Labute approximate surface area is 99.9 Å². The van der Waals surface area contributed by atoms with Gasteiger partial charge in [0, 0.05) is 13.1 Å². The molecule has 17 heavy (non-hydrogen) atoms. The smallest absolute Gasteiger partial charge is 0.270 e. The Hall–Kier alpha value is -1.40. The van der Waals surface area contributed by atoms with E-state index >= 15 is 0 Å². The first-order chi connectivity index (χ1) is 8.06. The van der Waals surface area contributed by atoms with Gasteiger partial charge in [0.15, 0.2) is 0 Å². The molecule has 1 aliphatic heterocycles. The molecule has 94 valence electrons. The second-order valence-electron chi connectivity index (χ2n) is 4.40. The maximum atomic E-state index is 11.9. The van der Waals surface area contributed by atoms with Crippen molar-refractivity contribution in [2.24, 2.45) is 0 Å². The number of rotatable bonds is 2. The fraction of sp³-hybridized carbons (Fsp3) is 0.636. The molecule has 1 aromatic heterocycles. The molecule has 2 unspecified atom stereocenters. The summed E-state index contributed by atoms with van der Waals surface area (Å²) in [5.41, 5.74) is 3.31. The number of nitrogens with zero attached hydrogens (tertiary/aromatic N) is 2. The molecule has 2 heterocycles. The molecule has 1 fully saturated rings. The van der Waals surface area contributed by atoms with Gasteiger partial charge in [-0.05, 0) is 20.8 Å². The number of carbonyl (C=O) groups is 1. The quantitative estimate of drug-likeness (QED) is 0.824. The average Bonchev–Trinajstić information content (AvgIpc) is 2.62. The van der Waals surface area contributed by atoms with E-state index in [0.29, 0.717) is 24.4 Å². The summed E-state index contributed by atoms with van der Waals surface area (Å²) in [6, 6.07) is 0. The van der Waals surface area contributed by atoms with Crippen LogP contribution in [0.25, 0.3) is 0 Å². The number of aromatic nitrogens is 1. The zero-order chi connectivity index (χ0) is 12.4. The Morgan fingerprint density at radius 2 is 2.12 bits per heavy atom. The van der Waals surface area contributed by atoms with Gasteiger partial charge in [-0.1, -0.05) is 5.16 Å². The van der Waals surface area contributed by atoms with Crippen LogP contribution in [0, 0.1) is 6.92 Å². The Morgan fingerprint density at radius 1 is 1.47 bits per heavy atom. The molecule has 1 saturated heterocycles. The molecular formula is C11H17N3O3. The predicted octanol–water partition coefficient (Wildman–Crippen LogP) is 0.737. The third-order valence-corrected chi connectivity index (χ3v) is 2.67. The molecule has 6 heteroatoms. The molecule has 0 spiro atoms. The highest BCUT2D eigenvalue weighted by Gasteiger charge is 2.24. The Kier molecular flexibility index (Phi) is 3.44. The summed E-state index contributed by atoms with van der Waals surface area (Å²) in [7, 11) is 0. The average molecular weight is 239 g/mol. The van der Waals surface area contributed by atoms with Gasteiger partial charge in [0.2, 0.25) is 0 Å². The van der Waals surface area contributed by atoms with E-state index in [1.807, 2.05) is 18.9 Å². The minimum atomic E-state index is -0.190. The standard InChI is InChI=1S/C11H17N3O3/c1-7-5-14(6-8(2)16-7)13-11(15)10-4-12-17-9(10)3/h4,7-8H,5-6H2,1-3H3,(H,13,15). The van der Waals surface area contributed by atoms with Crippen molar-refractivity contribution in [1.82, 2.24) is 15.6 Å². The Morgan fingerprint density at radius 3 is 2.65 bits per heavy atom. The lowest BCUT2D eigenvalue weighted by atomic mass is 10.2. The van der Waals surface area contributed by atoms with E-state index in [2.05, 4.69) is 10.6 Å². The minimum absolute atomic E-state index is 0.114.